The molecule has 2 rings (SSSR count). The van der Waals surface area contributed by atoms with Gasteiger partial charge in [0.2, 0.25) is 11.8 Å². The molecule has 4 nitrogen and oxygen atoms in total. The van der Waals surface area contributed by atoms with Crippen molar-refractivity contribution in [2.75, 3.05) is 6.54 Å². The summed E-state index contributed by atoms with van der Waals surface area (Å²) in [6.07, 6.45) is -3.05. The van der Waals surface area contributed by atoms with E-state index in [9.17, 15) is 22.8 Å². The number of hydrogen-bond donors (Lipinski definition) is 2. The summed E-state index contributed by atoms with van der Waals surface area (Å²) in [5.74, 6) is -2.11. The normalized spacial score (nSPS) is 21.1. The Kier molecular flexibility index (Phi) is 6.23. The molecule has 1 aromatic rings. The van der Waals surface area contributed by atoms with Gasteiger partial charge in [-0.15, -0.1) is 0 Å². The van der Waals surface area contributed by atoms with Crippen molar-refractivity contribution in [3.8, 4) is 0 Å². The maximum absolute atomic E-state index is 12.7. The molecule has 0 aromatic heterocycles. The molecule has 1 saturated carbocycles. The molecule has 0 unspecified atom stereocenters. The van der Waals surface area contributed by atoms with Gasteiger partial charge in [0.1, 0.15) is 0 Å². The summed E-state index contributed by atoms with van der Waals surface area (Å²) >= 11 is 0. The van der Waals surface area contributed by atoms with Crippen LogP contribution in [0.2, 0.25) is 0 Å². The van der Waals surface area contributed by atoms with Gasteiger partial charge in [-0.1, -0.05) is 36.8 Å². The number of rotatable bonds is 5. The van der Waals surface area contributed by atoms with E-state index < -0.39 is 24.0 Å². The van der Waals surface area contributed by atoms with Gasteiger partial charge in [0.05, 0.1) is 18.9 Å². The SMILES string of the molecule is O=C(Cc1ccccc1)NCC(=O)N[C@@H]1CCC[C@H](C(F)(F)F)C1. The van der Waals surface area contributed by atoms with E-state index in [0.29, 0.717) is 12.8 Å². The van der Waals surface area contributed by atoms with E-state index in [0.717, 1.165) is 5.56 Å². The van der Waals surface area contributed by atoms with Crippen molar-refractivity contribution >= 4 is 11.8 Å². The van der Waals surface area contributed by atoms with Crippen molar-refractivity contribution in [1.82, 2.24) is 10.6 Å². The third-order valence-corrected chi connectivity index (χ3v) is 4.16. The number of carbonyl (C=O) groups is 2. The highest BCUT2D eigenvalue weighted by Crippen LogP contribution is 2.37. The van der Waals surface area contributed by atoms with Crippen LogP contribution < -0.4 is 10.6 Å². The van der Waals surface area contributed by atoms with E-state index in [1.807, 2.05) is 18.2 Å². The van der Waals surface area contributed by atoms with Crippen LogP contribution in [0.15, 0.2) is 30.3 Å². The van der Waals surface area contributed by atoms with Gasteiger partial charge in [-0.2, -0.15) is 13.2 Å². The van der Waals surface area contributed by atoms with Crippen molar-refractivity contribution in [3.05, 3.63) is 35.9 Å². The predicted octanol–water partition coefficient (Wildman–Crippen LogP) is 2.58. The average Bonchev–Trinajstić information content (AvgIpc) is 2.53. The zero-order valence-electron chi connectivity index (χ0n) is 13.2. The molecule has 24 heavy (non-hydrogen) atoms. The van der Waals surface area contributed by atoms with Gasteiger partial charge in [-0.05, 0) is 24.8 Å². The standard InChI is InChI=1S/C17H21F3N2O2/c18-17(19,20)13-7-4-8-14(10-13)22-16(24)11-21-15(23)9-12-5-2-1-3-6-12/h1-3,5-6,13-14H,4,7-11H2,(H,21,23)(H,22,24)/t13-,14+/m0/s1. The van der Waals surface area contributed by atoms with Gasteiger partial charge in [0.15, 0.2) is 0 Å². The first-order chi connectivity index (χ1) is 11.3. The highest BCUT2D eigenvalue weighted by molar-refractivity contribution is 5.85. The van der Waals surface area contributed by atoms with Crippen LogP contribution in [0.1, 0.15) is 31.2 Å². The molecule has 0 bridgehead atoms. The Labute approximate surface area is 138 Å². The zero-order valence-corrected chi connectivity index (χ0v) is 13.2. The van der Waals surface area contributed by atoms with Crippen molar-refractivity contribution in [2.45, 2.75) is 44.3 Å². The van der Waals surface area contributed by atoms with E-state index in [4.69, 9.17) is 0 Å². The lowest BCUT2D eigenvalue weighted by Gasteiger charge is -2.31. The van der Waals surface area contributed by atoms with Gasteiger partial charge in [0, 0.05) is 6.04 Å². The second-order valence-corrected chi connectivity index (χ2v) is 6.11. The summed E-state index contributed by atoms with van der Waals surface area (Å²) in [4.78, 5) is 23.6. The zero-order chi connectivity index (χ0) is 17.6. The molecule has 2 amide bonds. The molecule has 0 saturated heterocycles. The number of amides is 2. The molecule has 0 heterocycles. The lowest BCUT2D eigenvalue weighted by atomic mass is 9.85. The van der Waals surface area contributed by atoms with E-state index >= 15 is 0 Å². The molecule has 132 valence electrons. The maximum Gasteiger partial charge on any atom is 0.391 e. The predicted molar refractivity (Wildman–Crippen MR) is 83.1 cm³/mol. The average molecular weight is 342 g/mol. The van der Waals surface area contributed by atoms with Crippen molar-refractivity contribution in [3.63, 3.8) is 0 Å². The van der Waals surface area contributed by atoms with Crippen molar-refractivity contribution < 1.29 is 22.8 Å². The van der Waals surface area contributed by atoms with Crippen LogP contribution in [0.25, 0.3) is 0 Å². The number of alkyl halides is 3. The van der Waals surface area contributed by atoms with E-state index in [1.54, 1.807) is 12.1 Å². The van der Waals surface area contributed by atoms with Crippen LogP contribution in [0, 0.1) is 5.92 Å². The largest absolute Gasteiger partial charge is 0.391 e. The first kappa shape index (κ1) is 18.3. The van der Waals surface area contributed by atoms with Crippen LogP contribution in [0.4, 0.5) is 13.2 Å². The van der Waals surface area contributed by atoms with E-state index in [-0.39, 0.29) is 31.7 Å². The molecule has 1 aliphatic carbocycles. The number of hydrogen-bond acceptors (Lipinski definition) is 2. The first-order valence-electron chi connectivity index (χ1n) is 8.01. The molecule has 2 N–H and O–H groups in total. The second-order valence-electron chi connectivity index (χ2n) is 6.11. The van der Waals surface area contributed by atoms with Gasteiger partial charge < -0.3 is 10.6 Å². The van der Waals surface area contributed by atoms with Crippen molar-refractivity contribution in [1.29, 1.82) is 0 Å². The summed E-state index contributed by atoms with van der Waals surface area (Å²) in [6, 6.07) is 8.60. The van der Waals surface area contributed by atoms with Gasteiger partial charge in [-0.25, -0.2) is 0 Å². The van der Waals surface area contributed by atoms with Crippen LogP contribution in [0.3, 0.4) is 0 Å². The summed E-state index contributed by atoms with van der Waals surface area (Å²) < 4.78 is 38.2. The molecule has 0 radical (unpaired) electrons. The minimum Gasteiger partial charge on any atom is -0.352 e. The molecule has 1 aliphatic rings. The minimum absolute atomic E-state index is 0.0901. The van der Waals surface area contributed by atoms with Crippen LogP contribution in [0.5, 0.6) is 0 Å². The maximum atomic E-state index is 12.7. The molecule has 7 heteroatoms. The van der Waals surface area contributed by atoms with Crippen LogP contribution in [-0.2, 0) is 16.0 Å². The fourth-order valence-electron chi connectivity index (χ4n) is 2.92. The van der Waals surface area contributed by atoms with E-state index in [1.165, 1.54) is 0 Å². The Hall–Kier alpha value is -2.05. The monoisotopic (exact) mass is 342 g/mol. The number of benzene rings is 1. The molecule has 1 aromatic carbocycles. The third kappa shape index (κ3) is 5.86. The van der Waals surface area contributed by atoms with E-state index in [2.05, 4.69) is 10.6 Å². The highest BCUT2D eigenvalue weighted by atomic mass is 19.4. The smallest absolute Gasteiger partial charge is 0.352 e. The Balaban J connectivity index is 1.72. The number of carbonyl (C=O) groups excluding carboxylic acids is 2. The lowest BCUT2D eigenvalue weighted by Crippen LogP contribution is -2.45. The quantitative estimate of drug-likeness (QED) is 0.864. The number of halogens is 3. The topological polar surface area (TPSA) is 58.2 Å². The molecule has 2 atom stereocenters. The lowest BCUT2D eigenvalue weighted by molar-refractivity contribution is -0.184. The molecular formula is C17H21F3N2O2. The Morgan fingerprint density at radius 2 is 1.79 bits per heavy atom. The Morgan fingerprint density at radius 3 is 2.46 bits per heavy atom. The molecular weight excluding hydrogens is 321 g/mol. The minimum atomic E-state index is -4.21. The highest BCUT2D eigenvalue weighted by Gasteiger charge is 2.42. The van der Waals surface area contributed by atoms with Gasteiger partial charge in [0.25, 0.3) is 0 Å². The molecule has 1 fully saturated rings. The third-order valence-electron chi connectivity index (χ3n) is 4.16. The first-order valence-corrected chi connectivity index (χ1v) is 8.01. The number of nitrogens with one attached hydrogen (secondary N) is 2. The Morgan fingerprint density at radius 1 is 1.08 bits per heavy atom. The Bertz CT molecular complexity index is 561. The van der Waals surface area contributed by atoms with Crippen molar-refractivity contribution in [2.24, 2.45) is 5.92 Å². The summed E-state index contributed by atoms with van der Waals surface area (Å²) in [7, 11) is 0. The summed E-state index contributed by atoms with van der Waals surface area (Å²) in [5, 5.41) is 5.08. The summed E-state index contributed by atoms with van der Waals surface area (Å²) in [5.41, 5.74) is 0.829. The fraction of sp³-hybridized carbons (Fsp3) is 0.529. The fourth-order valence-corrected chi connectivity index (χ4v) is 2.92. The van der Waals surface area contributed by atoms with Gasteiger partial charge in [-0.3, -0.25) is 9.59 Å². The van der Waals surface area contributed by atoms with Crippen LogP contribution >= 0.6 is 0 Å². The molecule has 0 aliphatic heterocycles. The second kappa shape index (κ2) is 8.17. The van der Waals surface area contributed by atoms with Crippen LogP contribution in [-0.4, -0.2) is 30.6 Å². The molecule has 0 spiro atoms. The van der Waals surface area contributed by atoms with Gasteiger partial charge >= 0.3 is 6.18 Å². The summed E-state index contributed by atoms with van der Waals surface area (Å²) in [6.45, 7) is -0.223.